The summed E-state index contributed by atoms with van der Waals surface area (Å²) in [6, 6.07) is 41.3. The minimum atomic E-state index is -2.67. The monoisotopic (exact) mass is 745 g/mol. The summed E-state index contributed by atoms with van der Waals surface area (Å²) in [7, 11) is -0.955. The van der Waals surface area contributed by atoms with Gasteiger partial charge in [-0.1, -0.05) is 124 Å². The van der Waals surface area contributed by atoms with E-state index in [1.165, 1.54) is 27.1 Å². The zero-order valence-corrected chi connectivity index (χ0v) is 33.3. The highest BCUT2D eigenvalue weighted by atomic mass is 35.5. The normalized spacial score (nSPS) is 17.1. The molecular formula is C44H52ClN5O2Si. The zero-order valence-electron chi connectivity index (χ0n) is 31.5. The summed E-state index contributed by atoms with van der Waals surface area (Å²) in [5.74, 6) is 1.88. The van der Waals surface area contributed by atoms with Gasteiger partial charge in [0, 0.05) is 64.0 Å². The molecule has 7 rings (SSSR count). The van der Waals surface area contributed by atoms with Crippen LogP contribution in [0.5, 0.6) is 5.75 Å². The molecule has 0 N–H and O–H groups in total. The van der Waals surface area contributed by atoms with Gasteiger partial charge in [-0.05, 0) is 63.1 Å². The first-order valence-electron chi connectivity index (χ1n) is 18.9. The maximum atomic E-state index is 7.43. The van der Waals surface area contributed by atoms with Crippen molar-refractivity contribution in [2.45, 2.75) is 64.3 Å². The number of methoxy groups -OCH3 is 1. The van der Waals surface area contributed by atoms with Gasteiger partial charge in [-0.3, -0.25) is 9.80 Å². The molecule has 53 heavy (non-hydrogen) atoms. The number of nitrogens with zero attached hydrogens (tertiary/aromatic N) is 5. The maximum Gasteiger partial charge on any atom is 0.261 e. The van der Waals surface area contributed by atoms with Crippen molar-refractivity contribution in [1.29, 1.82) is 0 Å². The van der Waals surface area contributed by atoms with Crippen molar-refractivity contribution in [3.63, 3.8) is 0 Å². The number of hydrogen-bond donors (Lipinski definition) is 0. The summed E-state index contributed by atoms with van der Waals surface area (Å²) in [6.07, 6.45) is 1.80. The Hall–Kier alpha value is -4.05. The summed E-state index contributed by atoms with van der Waals surface area (Å²) in [5.41, 5.74) is 4.88. The Balaban J connectivity index is 1.15. The van der Waals surface area contributed by atoms with Crippen LogP contribution < -0.4 is 20.0 Å². The van der Waals surface area contributed by atoms with Crippen molar-refractivity contribution in [3.8, 4) is 5.75 Å². The first kappa shape index (κ1) is 37.3. The van der Waals surface area contributed by atoms with Crippen molar-refractivity contribution < 1.29 is 9.16 Å². The number of piperazine rings is 1. The lowest BCUT2D eigenvalue weighted by atomic mass is 10.0. The van der Waals surface area contributed by atoms with Crippen LogP contribution in [0.2, 0.25) is 10.3 Å². The van der Waals surface area contributed by atoms with Crippen LogP contribution in [0.4, 0.5) is 5.82 Å². The zero-order chi connectivity index (χ0) is 36.8. The summed E-state index contributed by atoms with van der Waals surface area (Å²) in [5, 5.41) is 2.86. The molecule has 1 saturated heterocycles. The van der Waals surface area contributed by atoms with Crippen LogP contribution in [0.25, 0.3) is 0 Å². The molecule has 0 saturated carbocycles. The van der Waals surface area contributed by atoms with E-state index in [1.807, 2.05) is 0 Å². The van der Waals surface area contributed by atoms with Crippen molar-refractivity contribution in [1.82, 2.24) is 19.8 Å². The van der Waals surface area contributed by atoms with Crippen LogP contribution in [0.3, 0.4) is 0 Å². The largest absolute Gasteiger partial charge is 0.497 e. The van der Waals surface area contributed by atoms with Gasteiger partial charge in [0.25, 0.3) is 8.32 Å². The fourth-order valence-electron chi connectivity index (χ4n) is 8.32. The third-order valence-corrected chi connectivity index (χ3v) is 16.2. The van der Waals surface area contributed by atoms with Gasteiger partial charge in [0.15, 0.2) is 0 Å². The first-order chi connectivity index (χ1) is 25.7. The number of anilines is 1. The molecule has 1 fully saturated rings. The average Bonchev–Trinajstić information content (AvgIpc) is 3.17. The lowest BCUT2D eigenvalue weighted by Crippen LogP contribution is -2.66. The predicted molar refractivity (Wildman–Crippen MR) is 219 cm³/mol. The molecule has 2 aliphatic heterocycles. The Labute approximate surface area is 321 Å². The maximum absolute atomic E-state index is 7.43. The quantitative estimate of drug-likeness (QED) is 0.0978. The average molecular weight is 746 g/mol. The lowest BCUT2D eigenvalue weighted by Gasteiger charge is -2.45. The highest BCUT2D eigenvalue weighted by Gasteiger charge is 2.50. The molecule has 3 heterocycles. The molecule has 0 bridgehead atoms. The van der Waals surface area contributed by atoms with E-state index in [1.54, 1.807) is 7.11 Å². The van der Waals surface area contributed by atoms with Crippen LogP contribution in [0.15, 0.2) is 115 Å². The van der Waals surface area contributed by atoms with Crippen LogP contribution in [0.1, 0.15) is 49.6 Å². The number of halogens is 1. The van der Waals surface area contributed by atoms with Gasteiger partial charge in [-0.15, -0.1) is 0 Å². The number of ether oxygens (including phenoxy) is 1. The standard InChI is InChI=1S/C44H52ClN5O2Si/c1-44(2,3)53(38-16-10-6-11-17-38,39-18-12-7-13-19-39)52-29-25-36-32-50(28-27-49(36)31-35-20-22-37(51-4)23-21-35)42-40-24-26-48(30-34-14-8-5-9-15-34)33-41(40)46-43(45)47-42/h5-23,36H,24-33H2,1-4H3. The molecule has 4 aromatic carbocycles. The Kier molecular flexibility index (Phi) is 11.6. The summed E-state index contributed by atoms with van der Waals surface area (Å²) in [6.45, 7) is 13.8. The van der Waals surface area contributed by atoms with Crippen LogP contribution >= 0.6 is 11.6 Å². The molecule has 1 atom stereocenters. The highest BCUT2D eigenvalue weighted by Crippen LogP contribution is 2.37. The van der Waals surface area contributed by atoms with Gasteiger partial charge in [0.2, 0.25) is 5.28 Å². The number of hydrogen-bond acceptors (Lipinski definition) is 7. The minimum Gasteiger partial charge on any atom is -0.497 e. The second kappa shape index (κ2) is 16.5. The molecule has 9 heteroatoms. The van der Waals surface area contributed by atoms with Gasteiger partial charge in [0.1, 0.15) is 11.6 Å². The van der Waals surface area contributed by atoms with Crippen molar-refractivity contribution in [2.75, 3.05) is 44.8 Å². The van der Waals surface area contributed by atoms with Crippen molar-refractivity contribution in [2.24, 2.45) is 0 Å². The molecule has 0 aliphatic carbocycles. The molecule has 0 amide bonds. The van der Waals surface area contributed by atoms with E-state index in [-0.39, 0.29) is 11.1 Å². The van der Waals surface area contributed by atoms with E-state index in [0.29, 0.717) is 11.9 Å². The molecule has 276 valence electrons. The van der Waals surface area contributed by atoms with Crippen molar-refractivity contribution in [3.05, 3.63) is 143 Å². The topological polar surface area (TPSA) is 54.0 Å². The Morgan fingerprint density at radius 1 is 0.755 bits per heavy atom. The van der Waals surface area contributed by atoms with E-state index < -0.39 is 8.32 Å². The fourth-order valence-corrected chi connectivity index (χ4v) is 13.1. The van der Waals surface area contributed by atoms with Crippen molar-refractivity contribution >= 4 is 36.1 Å². The summed E-state index contributed by atoms with van der Waals surface area (Å²) in [4.78, 5) is 17.2. The smallest absolute Gasteiger partial charge is 0.261 e. The lowest BCUT2D eigenvalue weighted by molar-refractivity contribution is 0.137. The number of aromatic nitrogens is 2. The third-order valence-electron chi connectivity index (χ3n) is 11.0. The van der Waals surface area contributed by atoms with Gasteiger partial charge in [-0.2, -0.15) is 0 Å². The minimum absolute atomic E-state index is 0.0811. The Bertz CT molecular complexity index is 1890. The van der Waals surface area contributed by atoms with E-state index in [2.05, 4.69) is 151 Å². The highest BCUT2D eigenvalue weighted by molar-refractivity contribution is 6.99. The SMILES string of the molecule is COc1ccc(CN2CCN(c3nc(Cl)nc4c3CCN(Cc3ccccc3)C4)CC2CCO[Si](c2ccccc2)(c2ccccc2)C(C)(C)C)cc1. The van der Waals surface area contributed by atoms with Crippen LogP contribution in [-0.2, 0) is 30.5 Å². The van der Waals surface area contributed by atoms with Gasteiger partial charge in [-0.25, -0.2) is 9.97 Å². The predicted octanol–water partition coefficient (Wildman–Crippen LogP) is 7.35. The molecule has 7 nitrogen and oxygen atoms in total. The molecule has 1 aromatic heterocycles. The number of fused-ring (bicyclic) bond motifs is 1. The van der Waals surface area contributed by atoms with E-state index >= 15 is 0 Å². The second-order valence-electron chi connectivity index (χ2n) is 15.4. The van der Waals surface area contributed by atoms with E-state index in [9.17, 15) is 0 Å². The Morgan fingerprint density at radius 3 is 2.00 bits per heavy atom. The third kappa shape index (κ3) is 8.37. The van der Waals surface area contributed by atoms with Gasteiger partial charge in [0.05, 0.1) is 12.8 Å². The van der Waals surface area contributed by atoms with Crippen LogP contribution in [-0.4, -0.2) is 74.0 Å². The molecule has 2 aliphatic rings. The van der Waals surface area contributed by atoms with E-state index in [0.717, 1.165) is 75.9 Å². The fraction of sp³-hybridized carbons (Fsp3) is 0.364. The van der Waals surface area contributed by atoms with E-state index in [4.69, 9.17) is 30.7 Å². The molecule has 5 aromatic rings. The number of rotatable bonds is 12. The first-order valence-corrected chi connectivity index (χ1v) is 21.2. The van der Waals surface area contributed by atoms with Gasteiger partial charge >= 0.3 is 0 Å². The molecular weight excluding hydrogens is 694 g/mol. The Morgan fingerprint density at radius 2 is 1.38 bits per heavy atom. The van der Waals surface area contributed by atoms with Crippen LogP contribution in [0, 0.1) is 0 Å². The molecule has 1 unspecified atom stereocenters. The summed E-state index contributed by atoms with van der Waals surface area (Å²) >= 11 is 6.70. The summed E-state index contributed by atoms with van der Waals surface area (Å²) < 4.78 is 12.9. The molecule has 0 radical (unpaired) electrons. The molecule has 0 spiro atoms. The second-order valence-corrected chi connectivity index (χ2v) is 20.1. The number of benzene rings is 4. The van der Waals surface area contributed by atoms with Gasteiger partial charge < -0.3 is 14.1 Å².